The minimum atomic E-state index is 0.593. The Bertz CT molecular complexity index is 301. The van der Waals surface area contributed by atoms with Crippen molar-refractivity contribution in [3.63, 3.8) is 0 Å². The molecule has 0 aromatic carbocycles. The number of halogens is 1. The lowest BCUT2D eigenvalue weighted by molar-refractivity contribution is 0.184. The zero-order valence-electron chi connectivity index (χ0n) is 8.05. The highest BCUT2D eigenvalue weighted by molar-refractivity contribution is 9.11. The second-order valence-electron chi connectivity index (χ2n) is 2.79. The van der Waals surface area contributed by atoms with Crippen molar-refractivity contribution in [3.05, 3.63) is 27.1 Å². The summed E-state index contributed by atoms with van der Waals surface area (Å²) in [5.74, 6) is 0. The summed E-state index contributed by atoms with van der Waals surface area (Å²) >= 11 is 4.91. The molecule has 78 valence electrons. The van der Waals surface area contributed by atoms with Gasteiger partial charge in [0.05, 0.1) is 12.3 Å². The van der Waals surface area contributed by atoms with Crippen LogP contribution < -0.4 is 5.32 Å². The van der Waals surface area contributed by atoms with Crippen molar-refractivity contribution < 1.29 is 4.74 Å². The lowest BCUT2D eigenvalue weighted by Crippen LogP contribution is -2.14. The van der Waals surface area contributed by atoms with Crippen molar-refractivity contribution >= 4 is 27.3 Å². The molecule has 0 radical (unpaired) electrons. The van der Waals surface area contributed by atoms with Crippen LogP contribution in [0.2, 0.25) is 0 Å². The smallest absolute Gasteiger partial charge is 0.119 e. The molecule has 0 spiro atoms. The highest BCUT2D eigenvalue weighted by atomic mass is 79.9. The first-order valence-electron chi connectivity index (χ1n) is 4.18. The third-order valence-corrected chi connectivity index (χ3v) is 2.64. The number of hydrogen-bond donors (Lipinski definition) is 1. The van der Waals surface area contributed by atoms with Crippen LogP contribution in [0.5, 0.6) is 0 Å². The SMILES string of the molecule is C=C(Br)CNCc1csc(COC)n1. The fourth-order valence-electron chi connectivity index (χ4n) is 0.946. The van der Waals surface area contributed by atoms with E-state index in [4.69, 9.17) is 4.74 Å². The van der Waals surface area contributed by atoms with Crippen LogP contribution in [0.4, 0.5) is 0 Å². The van der Waals surface area contributed by atoms with Crippen LogP contribution in [-0.2, 0) is 17.9 Å². The van der Waals surface area contributed by atoms with Crippen LogP contribution in [0.3, 0.4) is 0 Å². The summed E-state index contributed by atoms with van der Waals surface area (Å²) in [6, 6.07) is 0. The second-order valence-corrected chi connectivity index (χ2v) is 4.85. The fraction of sp³-hybridized carbons (Fsp3) is 0.444. The van der Waals surface area contributed by atoms with Gasteiger partial charge in [-0.1, -0.05) is 22.5 Å². The largest absolute Gasteiger partial charge is 0.378 e. The lowest BCUT2D eigenvalue weighted by atomic mass is 10.4. The van der Waals surface area contributed by atoms with Gasteiger partial charge in [0.1, 0.15) is 5.01 Å². The van der Waals surface area contributed by atoms with Crippen LogP contribution in [0.15, 0.2) is 16.4 Å². The van der Waals surface area contributed by atoms with E-state index in [2.05, 4.69) is 32.8 Å². The number of thiazole rings is 1. The molecule has 0 atom stereocenters. The van der Waals surface area contributed by atoms with Gasteiger partial charge in [-0.3, -0.25) is 0 Å². The lowest BCUT2D eigenvalue weighted by Gasteiger charge is -1.99. The number of aromatic nitrogens is 1. The molecular formula is C9H13BrN2OS. The number of nitrogens with one attached hydrogen (secondary N) is 1. The topological polar surface area (TPSA) is 34.1 Å². The van der Waals surface area contributed by atoms with Gasteiger partial charge >= 0.3 is 0 Å². The van der Waals surface area contributed by atoms with Gasteiger partial charge in [-0.05, 0) is 0 Å². The van der Waals surface area contributed by atoms with E-state index in [-0.39, 0.29) is 0 Å². The standard InChI is InChI=1S/C9H13BrN2OS/c1-7(10)3-11-4-8-6-14-9(12-8)5-13-2/h6,11H,1,3-5H2,2H3. The molecule has 0 fully saturated rings. The number of ether oxygens (including phenoxy) is 1. The van der Waals surface area contributed by atoms with E-state index < -0.39 is 0 Å². The van der Waals surface area contributed by atoms with Crippen molar-refractivity contribution in [1.29, 1.82) is 0 Å². The Balaban J connectivity index is 2.32. The quantitative estimate of drug-likeness (QED) is 0.866. The molecule has 1 rings (SSSR count). The Morgan fingerprint density at radius 1 is 1.79 bits per heavy atom. The van der Waals surface area contributed by atoms with E-state index in [1.165, 1.54) is 0 Å². The molecule has 0 aliphatic rings. The third-order valence-electron chi connectivity index (χ3n) is 1.49. The molecule has 1 N–H and O–H groups in total. The molecule has 1 aromatic heterocycles. The molecule has 5 heteroatoms. The van der Waals surface area contributed by atoms with Gasteiger partial charge in [0.25, 0.3) is 0 Å². The van der Waals surface area contributed by atoms with Crippen molar-refractivity contribution in [2.75, 3.05) is 13.7 Å². The number of nitrogens with zero attached hydrogens (tertiary/aromatic N) is 1. The molecule has 0 aliphatic heterocycles. The zero-order valence-corrected chi connectivity index (χ0v) is 10.4. The third kappa shape index (κ3) is 4.32. The number of methoxy groups -OCH3 is 1. The first kappa shape index (κ1) is 11.8. The summed E-state index contributed by atoms with van der Waals surface area (Å²) < 4.78 is 5.94. The first-order valence-corrected chi connectivity index (χ1v) is 5.86. The molecule has 1 heterocycles. The van der Waals surface area contributed by atoms with Gasteiger partial charge < -0.3 is 10.1 Å². The van der Waals surface area contributed by atoms with Gasteiger partial charge in [0.15, 0.2) is 0 Å². The van der Waals surface area contributed by atoms with Crippen molar-refractivity contribution in [3.8, 4) is 0 Å². The molecule has 3 nitrogen and oxygen atoms in total. The number of rotatable bonds is 6. The maximum absolute atomic E-state index is 4.99. The van der Waals surface area contributed by atoms with E-state index in [0.717, 1.165) is 28.3 Å². The summed E-state index contributed by atoms with van der Waals surface area (Å²) in [5, 5.41) is 6.27. The van der Waals surface area contributed by atoms with Crippen LogP contribution in [0.25, 0.3) is 0 Å². The molecule has 0 unspecified atom stereocenters. The van der Waals surface area contributed by atoms with Crippen LogP contribution in [0.1, 0.15) is 10.7 Å². The van der Waals surface area contributed by atoms with Crippen molar-refractivity contribution in [2.45, 2.75) is 13.2 Å². The van der Waals surface area contributed by atoms with E-state index in [9.17, 15) is 0 Å². The van der Waals surface area contributed by atoms with Gasteiger partial charge in [0.2, 0.25) is 0 Å². The predicted octanol–water partition coefficient (Wildman–Crippen LogP) is 2.29. The molecule has 0 bridgehead atoms. The molecule has 0 amide bonds. The minimum absolute atomic E-state index is 0.593. The van der Waals surface area contributed by atoms with Crippen molar-refractivity contribution in [2.24, 2.45) is 0 Å². The molecular weight excluding hydrogens is 264 g/mol. The summed E-state index contributed by atoms with van der Waals surface area (Å²) in [4.78, 5) is 4.38. The van der Waals surface area contributed by atoms with Gasteiger partial charge in [-0.25, -0.2) is 4.98 Å². The summed E-state index contributed by atoms with van der Waals surface area (Å²) in [7, 11) is 1.67. The Morgan fingerprint density at radius 3 is 3.21 bits per heavy atom. The van der Waals surface area contributed by atoms with Crippen LogP contribution >= 0.6 is 27.3 Å². The zero-order chi connectivity index (χ0) is 10.4. The minimum Gasteiger partial charge on any atom is -0.378 e. The summed E-state index contributed by atoms with van der Waals surface area (Å²) in [5.41, 5.74) is 1.05. The molecule has 1 aromatic rings. The van der Waals surface area contributed by atoms with Crippen molar-refractivity contribution in [1.82, 2.24) is 10.3 Å². The molecule has 14 heavy (non-hydrogen) atoms. The Morgan fingerprint density at radius 2 is 2.57 bits per heavy atom. The normalized spacial score (nSPS) is 10.4. The highest BCUT2D eigenvalue weighted by Gasteiger charge is 2.00. The second kappa shape index (κ2) is 6.29. The Hall–Kier alpha value is -0.230. The van der Waals surface area contributed by atoms with Gasteiger partial charge in [0, 0.05) is 30.1 Å². The highest BCUT2D eigenvalue weighted by Crippen LogP contribution is 2.10. The Labute approximate surface area is 96.3 Å². The first-order chi connectivity index (χ1) is 6.72. The van der Waals surface area contributed by atoms with Crippen LogP contribution in [0, 0.1) is 0 Å². The average Bonchev–Trinajstić information content (AvgIpc) is 2.53. The maximum Gasteiger partial charge on any atom is 0.119 e. The monoisotopic (exact) mass is 276 g/mol. The summed E-state index contributed by atoms with van der Waals surface area (Å²) in [6.45, 7) is 5.86. The van der Waals surface area contributed by atoms with Gasteiger partial charge in [-0.2, -0.15) is 0 Å². The van der Waals surface area contributed by atoms with E-state index in [1.807, 2.05) is 5.38 Å². The van der Waals surface area contributed by atoms with E-state index >= 15 is 0 Å². The average molecular weight is 277 g/mol. The maximum atomic E-state index is 4.99. The fourth-order valence-corrected chi connectivity index (χ4v) is 1.91. The molecule has 0 aliphatic carbocycles. The Kier molecular flexibility index (Phi) is 5.32. The van der Waals surface area contributed by atoms with E-state index in [1.54, 1.807) is 18.4 Å². The van der Waals surface area contributed by atoms with Gasteiger partial charge in [-0.15, -0.1) is 11.3 Å². The van der Waals surface area contributed by atoms with Crippen LogP contribution in [-0.4, -0.2) is 18.6 Å². The molecule has 0 saturated heterocycles. The number of hydrogen-bond acceptors (Lipinski definition) is 4. The van der Waals surface area contributed by atoms with E-state index in [0.29, 0.717) is 6.61 Å². The molecule has 0 saturated carbocycles. The predicted molar refractivity (Wildman–Crippen MR) is 62.6 cm³/mol. The summed E-state index contributed by atoms with van der Waals surface area (Å²) in [6.07, 6.45) is 0.